The summed E-state index contributed by atoms with van der Waals surface area (Å²) in [6.07, 6.45) is 7.35. The molecule has 1 saturated heterocycles. The molecule has 2 fully saturated rings. The van der Waals surface area contributed by atoms with E-state index in [2.05, 4.69) is 0 Å². The lowest BCUT2D eigenvalue weighted by atomic mass is 9.79. The molecule has 5 heteroatoms. The third-order valence-electron chi connectivity index (χ3n) is 6.37. The number of benzene rings is 1. The van der Waals surface area contributed by atoms with Gasteiger partial charge in [-0.25, -0.2) is 0 Å². The Morgan fingerprint density at radius 1 is 1.14 bits per heavy atom. The average molecular weight is 403 g/mol. The fraction of sp³-hybridized carbons (Fsp3) is 0.667. The highest BCUT2D eigenvalue weighted by molar-refractivity contribution is 5.88. The van der Waals surface area contributed by atoms with Crippen LogP contribution in [0.2, 0.25) is 0 Å². The summed E-state index contributed by atoms with van der Waals surface area (Å²) in [5, 5.41) is 0. The van der Waals surface area contributed by atoms with E-state index in [9.17, 15) is 9.59 Å². The van der Waals surface area contributed by atoms with Crippen molar-refractivity contribution in [3.8, 4) is 5.75 Å². The number of hydrogen-bond donors (Lipinski definition) is 1. The fourth-order valence-electron chi connectivity index (χ4n) is 4.86. The maximum atomic E-state index is 13.0. The van der Waals surface area contributed by atoms with Crippen molar-refractivity contribution in [2.24, 2.45) is 17.6 Å². The van der Waals surface area contributed by atoms with Crippen LogP contribution in [-0.4, -0.2) is 36.3 Å². The van der Waals surface area contributed by atoms with Crippen LogP contribution in [0, 0.1) is 11.8 Å². The van der Waals surface area contributed by atoms with Gasteiger partial charge in [-0.1, -0.05) is 64.2 Å². The number of Topliss-reactive ketones (excluding diaryl/α,β-unsaturated/α-hetero) is 1. The van der Waals surface area contributed by atoms with Crippen molar-refractivity contribution in [1.82, 2.24) is 4.90 Å². The molecule has 1 saturated carbocycles. The van der Waals surface area contributed by atoms with E-state index in [1.54, 1.807) is 18.9 Å². The second-order valence-corrected chi connectivity index (χ2v) is 8.12. The first kappa shape index (κ1) is 23.4. The molecule has 2 unspecified atom stereocenters. The van der Waals surface area contributed by atoms with E-state index in [1.807, 2.05) is 38.1 Å². The van der Waals surface area contributed by atoms with E-state index >= 15 is 0 Å². The first-order valence-electron chi connectivity index (χ1n) is 11.2. The predicted octanol–water partition coefficient (Wildman–Crippen LogP) is 4.50. The quantitative estimate of drug-likeness (QED) is 0.760. The molecular weight excluding hydrogens is 364 g/mol. The first-order valence-corrected chi connectivity index (χ1v) is 11.2. The standard InChI is InChI=1S/C22H32N2O3.C2H6/c1-15(25)20-12-17(16-8-4-3-5-9-16)14-24(20)22(26)13-19(23)18-10-6-7-11-21(18)27-2;1-2/h6-7,10-11,16-17,19-20H,3-5,8-9,12-14,23H2,1-2H3;1-2H3/t17?,19?,20-;/m0./s1. The SMILES string of the molecule is CC.COc1ccccc1C(N)CC(=O)N1CC(C2CCCCC2)C[C@H]1C(C)=O. The molecule has 1 heterocycles. The molecule has 1 aliphatic heterocycles. The summed E-state index contributed by atoms with van der Waals surface area (Å²) in [5.74, 6) is 1.87. The van der Waals surface area contributed by atoms with Gasteiger partial charge in [0.25, 0.3) is 0 Å². The number of rotatable bonds is 6. The summed E-state index contributed by atoms with van der Waals surface area (Å²) in [6, 6.07) is 6.82. The van der Waals surface area contributed by atoms with E-state index < -0.39 is 6.04 Å². The Morgan fingerprint density at radius 2 is 1.79 bits per heavy atom. The maximum Gasteiger partial charge on any atom is 0.225 e. The molecule has 0 aromatic heterocycles. The number of amides is 1. The van der Waals surface area contributed by atoms with Gasteiger partial charge in [-0.05, 0) is 31.2 Å². The van der Waals surface area contributed by atoms with Crippen LogP contribution in [0.3, 0.4) is 0 Å². The summed E-state index contributed by atoms with van der Waals surface area (Å²) >= 11 is 0. The number of methoxy groups -OCH3 is 1. The van der Waals surface area contributed by atoms with Gasteiger partial charge in [0.05, 0.1) is 13.2 Å². The highest BCUT2D eigenvalue weighted by Gasteiger charge is 2.41. The zero-order valence-electron chi connectivity index (χ0n) is 18.5. The molecule has 1 aliphatic carbocycles. The van der Waals surface area contributed by atoms with Gasteiger partial charge in [0, 0.05) is 24.6 Å². The number of carbonyl (C=O) groups is 2. The van der Waals surface area contributed by atoms with Crippen molar-refractivity contribution in [3.63, 3.8) is 0 Å². The number of hydrogen-bond acceptors (Lipinski definition) is 4. The molecule has 3 rings (SSSR count). The topological polar surface area (TPSA) is 72.6 Å². The third kappa shape index (κ3) is 5.81. The Hall–Kier alpha value is -1.88. The van der Waals surface area contributed by atoms with Crippen LogP contribution in [0.4, 0.5) is 0 Å². The average Bonchev–Trinajstić information content (AvgIpc) is 3.22. The molecule has 0 radical (unpaired) electrons. The summed E-state index contributed by atoms with van der Waals surface area (Å²) in [6.45, 7) is 6.31. The van der Waals surface area contributed by atoms with Crippen LogP contribution in [0.15, 0.2) is 24.3 Å². The van der Waals surface area contributed by atoms with E-state index in [0.717, 1.165) is 12.0 Å². The molecule has 1 amide bonds. The van der Waals surface area contributed by atoms with E-state index in [0.29, 0.717) is 24.1 Å². The Balaban J connectivity index is 0.00000145. The van der Waals surface area contributed by atoms with Gasteiger partial charge in [0.2, 0.25) is 5.91 Å². The molecular formula is C24H38N2O3. The number of nitrogens with two attached hydrogens (primary N) is 1. The van der Waals surface area contributed by atoms with Gasteiger partial charge >= 0.3 is 0 Å². The van der Waals surface area contributed by atoms with Crippen molar-refractivity contribution in [2.75, 3.05) is 13.7 Å². The summed E-state index contributed by atoms with van der Waals surface area (Å²) in [4.78, 5) is 27.0. The second kappa shape index (κ2) is 11.3. The Labute approximate surface area is 176 Å². The van der Waals surface area contributed by atoms with Crippen molar-refractivity contribution >= 4 is 11.7 Å². The lowest BCUT2D eigenvalue weighted by molar-refractivity contribution is -0.137. The van der Waals surface area contributed by atoms with E-state index in [-0.39, 0.29) is 24.2 Å². The van der Waals surface area contributed by atoms with Crippen LogP contribution in [0.25, 0.3) is 0 Å². The van der Waals surface area contributed by atoms with E-state index in [4.69, 9.17) is 10.5 Å². The van der Waals surface area contributed by atoms with Crippen LogP contribution >= 0.6 is 0 Å². The highest BCUT2D eigenvalue weighted by atomic mass is 16.5. The van der Waals surface area contributed by atoms with Crippen LogP contribution in [0.5, 0.6) is 5.75 Å². The van der Waals surface area contributed by atoms with Crippen LogP contribution in [-0.2, 0) is 9.59 Å². The van der Waals surface area contributed by atoms with Crippen LogP contribution < -0.4 is 10.5 Å². The number of nitrogens with zero attached hydrogens (tertiary/aromatic N) is 1. The first-order chi connectivity index (χ1) is 14.0. The molecule has 162 valence electrons. The summed E-state index contributed by atoms with van der Waals surface area (Å²) in [7, 11) is 1.61. The lowest BCUT2D eigenvalue weighted by Crippen LogP contribution is -2.41. The zero-order valence-corrected chi connectivity index (χ0v) is 18.5. The summed E-state index contributed by atoms with van der Waals surface area (Å²) in [5.41, 5.74) is 7.16. The minimum Gasteiger partial charge on any atom is -0.496 e. The third-order valence-corrected chi connectivity index (χ3v) is 6.37. The molecule has 1 aromatic carbocycles. The number of para-hydroxylation sites is 1. The predicted molar refractivity (Wildman–Crippen MR) is 117 cm³/mol. The second-order valence-electron chi connectivity index (χ2n) is 8.12. The molecule has 0 bridgehead atoms. The number of carbonyl (C=O) groups excluding carboxylic acids is 2. The van der Waals surface area contributed by atoms with Crippen molar-refractivity contribution < 1.29 is 14.3 Å². The minimum absolute atomic E-state index is 0.0214. The van der Waals surface area contributed by atoms with Gasteiger partial charge in [-0.3, -0.25) is 9.59 Å². The zero-order chi connectivity index (χ0) is 21.4. The molecule has 29 heavy (non-hydrogen) atoms. The Kier molecular flexibility index (Phi) is 9.15. The monoisotopic (exact) mass is 402 g/mol. The molecule has 5 nitrogen and oxygen atoms in total. The van der Waals surface area contributed by atoms with Gasteiger partial charge in [0.1, 0.15) is 5.75 Å². The van der Waals surface area contributed by atoms with Gasteiger partial charge in [-0.2, -0.15) is 0 Å². The smallest absolute Gasteiger partial charge is 0.225 e. The summed E-state index contributed by atoms with van der Waals surface area (Å²) < 4.78 is 5.37. The van der Waals surface area contributed by atoms with Gasteiger partial charge in [-0.15, -0.1) is 0 Å². The van der Waals surface area contributed by atoms with Gasteiger partial charge < -0.3 is 15.4 Å². The maximum absolute atomic E-state index is 13.0. The largest absolute Gasteiger partial charge is 0.496 e. The van der Waals surface area contributed by atoms with Crippen molar-refractivity contribution in [3.05, 3.63) is 29.8 Å². The molecule has 2 aliphatic rings. The Morgan fingerprint density at radius 3 is 2.41 bits per heavy atom. The number of ketones is 1. The minimum atomic E-state index is -0.435. The molecule has 3 atom stereocenters. The van der Waals surface area contributed by atoms with E-state index in [1.165, 1.54) is 32.1 Å². The van der Waals surface area contributed by atoms with Crippen LogP contribution in [0.1, 0.15) is 77.3 Å². The molecule has 2 N–H and O–H groups in total. The van der Waals surface area contributed by atoms with Crippen molar-refractivity contribution in [1.29, 1.82) is 0 Å². The lowest BCUT2D eigenvalue weighted by Gasteiger charge is -2.27. The van der Waals surface area contributed by atoms with Crippen molar-refractivity contribution in [2.45, 2.75) is 77.8 Å². The number of ether oxygens (including phenoxy) is 1. The Bertz CT molecular complexity index is 670. The fourth-order valence-corrected chi connectivity index (χ4v) is 4.86. The normalized spacial score (nSPS) is 23.1. The highest BCUT2D eigenvalue weighted by Crippen LogP contribution is 2.38. The number of likely N-dealkylation sites (tertiary alicyclic amines) is 1. The van der Waals surface area contributed by atoms with Gasteiger partial charge in [0.15, 0.2) is 5.78 Å². The molecule has 1 aromatic rings. The molecule has 0 spiro atoms.